The normalized spacial score (nSPS) is 12.9. The third-order valence-electron chi connectivity index (χ3n) is 3.67. The second kappa shape index (κ2) is 9.51. The summed E-state index contributed by atoms with van der Waals surface area (Å²) in [5.41, 5.74) is 7.01. The van der Waals surface area contributed by atoms with E-state index in [-0.39, 0.29) is 0 Å². The molecule has 0 amide bonds. The maximum absolute atomic E-state index is 5.64. The fourth-order valence-electron chi connectivity index (χ4n) is 2.42. The van der Waals surface area contributed by atoms with E-state index in [1.807, 2.05) is 0 Å². The first-order chi connectivity index (χ1) is 9.15. The lowest BCUT2D eigenvalue weighted by molar-refractivity contribution is 0.300. The van der Waals surface area contributed by atoms with Crippen LogP contribution in [0.15, 0.2) is 28.7 Å². The molecule has 0 aliphatic rings. The quantitative estimate of drug-likeness (QED) is 0.742. The first-order valence-electron chi connectivity index (χ1n) is 7.28. The van der Waals surface area contributed by atoms with Crippen LogP contribution < -0.4 is 5.73 Å². The lowest BCUT2D eigenvalue weighted by atomic mass is 9.96. The van der Waals surface area contributed by atoms with Crippen molar-refractivity contribution in [2.75, 3.05) is 20.1 Å². The van der Waals surface area contributed by atoms with Crippen molar-refractivity contribution in [3.63, 3.8) is 0 Å². The second-order valence-corrected chi connectivity index (χ2v) is 6.27. The summed E-state index contributed by atoms with van der Waals surface area (Å²) in [5.74, 6) is 0.811. The van der Waals surface area contributed by atoms with Crippen LogP contribution in [0, 0.1) is 5.92 Å². The Morgan fingerprint density at radius 2 is 1.89 bits per heavy atom. The van der Waals surface area contributed by atoms with Crippen LogP contribution in [0.2, 0.25) is 0 Å². The van der Waals surface area contributed by atoms with Gasteiger partial charge >= 0.3 is 0 Å². The van der Waals surface area contributed by atoms with Crippen LogP contribution in [0.3, 0.4) is 0 Å². The Balaban J connectivity index is 2.23. The summed E-state index contributed by atoms with van der Waals surface area (Å²) in [7, 11) is 2.20. The van der Waals surface area contributed by atoms with Crippen molar-refractivity contribution in [1.82, 2.24) is 4.90 Å². The van der Waals surface area contributed by atoms with Gasteiger partial charge in [-0.3, -0.25) is 0 Å². The SMILES string of the molecule is CCC(CCN)CCCN(C)Cc1ccc(Br)cc1. The Kier molecular flexibility index (Phi) is 8.35. The third kappa shape index (κ3) is 7.09. The largest absolute Gasteiger partial charge is 0.330 e. The molecule has 0 spiro atoms. The number of hydrogen-bond acceptors (Lipinski definition) is 2. The standard InChI is InChI=1S/C16H27BrN2/c1-3-14(10-11-18)5-4-12-19(2)13-15-6-8-16(17)9-7-15/h6-9,14H,3-5,10-13,18H2,1-2H3. The molecule has 3 heteroatoms. The predicted octanol–water partition coefficient (Wildman–Crippen LogP) is 4.04. The van der Waals surface area contributed by atoms with Gasteiger partial charge in [-0.05, 0) is 63.0 Å². The highest BCUT2D eigenvalue weighted by molar-refractivity contribution is 9.10. The van der Waals surface area contributed by atoms with E-state index in [1.165, 1.54) is 31.2 Å². The Morgan fingerprint density at radius 3 is 2.47 bits per heavy atom. The summed E-state index contributed by atoms with van der Waals surface area (Å²) in [4.78, 5) is 2.40. The minimum atomic E-state index is 0.811. The molecule has 0 aliphatic carbocycles. The fourth-order valence-corrected chi connectivity index (χ4v) is 2.68. The first kappa shape index (κ1) is 16.7. The van der Waals surface area contributed by atoms with Gasteiger partial charge < -0.3 is 10.6 Å². The van der Waals surface area contributed by atoms with E-state index in [4.69, 9.17) is 5.73 Å². The molecule has 108 valence electrons. The van der Waals surface area contributed by atoms with Crippen LogP contribution in [0.25, 0.3) is 0 Å². The van der Waals surface area contributed by atoms with Crippen molar-refractivity contribution in [1.29, 1.82) is 0 Å². The first-order valence-corrected chi connectivity index (χ1v) is 8.08. The van der Waals surface area contributed by atoms with Crippen molar-refractivity contribution in [3.8, 4) is 0 Å². The molecule has 2 nitrogen and oxygen atoms in total. The van der Waals surface area contributed by atoms with Crippen LogP contribution >= 0.6 is 15.9 Å². The van der Waals surface area contributed by atoms with Crippen molar-refractivity contribution in [2.24, 2.45) is 11.7 Å². The number of nitrogens with two attached hydrogens (primary N) is 1. The van der Waals surface area contributed by atoms with Crippen LogP contribution in [0.1, 0.15) is 38.2 Å². The molecule has 0 aromatic heterocycles. The van der Waals surface area contributed by atoms with E-state index in [0.29, 0.717) is 0 Å². The third-order valence-corrected chi connectivity index (χ3v) is 4.20. The topological polar surface area (TPSA) is 29.3 Å². The number of nitrogens with zero attached hydrogens (tertiary/aromatic N) is 1. The molecule has 0 fully saturated rings. The maximum Gasteiger partial charge on any atom is 0.0230 e. The van der Waals surface area contributed by atoms with Gasteiger partial charge in [0.15, 0.2) is 0 Å². The van der Waals surface area contributed by atoms with Crippen molar-refractivity contribution in [2.45, 2.75) is 39.2 Å². The van der Waals surface area contributed by atoms with Gasteiger partial charge in [-0.25, -0.2) is 0 Å². The molecule has 0 saturated heterocycles. The maximum atomic E-state index is 5.64. The molecule has 2 N–H and O–H groups in total. The molecule has 0 saturated carbocycles. The molecule has 1 rings (SSSR count). The molecule has 1 aromatic rings. The summed E-state index contributed by atoms with van der Waals surface area (Å²) < 4.78 is 1.14. The van der Waals surface area contributed by atoms with E-state index in [0.717, 1.165) is 30.0 Å². The molecule has 0 heterocycles. The fraction of sp³-hybridized carbons (Fsp3) is 0.625. The predicted molar refractivity (Wildman–Crippen MR) is 87.2 cm³/mol. The van der Waals surface area contributed by atoms with Crippen molar-refractivity contribution < 1.29 is 0 Å². The highest BCUT2D eigenvalue weighted by Crippen LogP contribution is 2.15. The molecule has 1 atom stereocenters. The number of hydrogen-bond donors (Lipinski definition) is 1. The lowest BCUT2D eigenvalue weighted by Crippen LogP contribution is -2.20. The Bertz CT molecular complexity index is 337. The molecule has 0 bridgehead atoms. The smallest absolute Gasteiger partial charge is 0.0230 e. The van der Waals surface area contributed by atoms with E-state index in [2.05, 4.69) is 59.1 Å². The van der Waals surface area contributed by atoms with Gasteiger partial charge in [-0.1, -0.05) is 41.4 Å². The number of halogens is 1. The van der Waals surface area contributed by atoms with E-state index >= 15 is 0 Å². The Hall–Kier alpha value is -0.380. The van der Waals surface area contributed by atoms with Gasteiger partial charge in [0.05, 0.1) is 0 Å². The zero-order valence-electron chi connectivity index (χ0n) is 12.2. The summed E-state index contributed by atoms with van der Waals surface area (Å²) in [6.07, 6.45) is 5.00. The monoisotopic (exact) mass is 326 g/mol. The summed E-state index contributed by atoms with van der Waals surface area (Å²) >= 11 is 3.47. The average Bonchev–Trinajstić information content (AvgIpc) is 2.40. The van der Waals surface area contributed by atoms with E-state index < -0.39 is 0 Å². The number of rotatable bonds is 9. The molecule has 1 aromatic carbocycles. The minimum absolute atomic E-state index is 0.811. The second-order valence-electron chi connectivity index (χ2n) is 5.36. The Morgan fingerprint density at radius 1 is 1.21 bits per heavy atom. The molecule has 0 aliphatic heterocycles. The van der Waals surface area contributed by atoms with E-state index in [1.54, 1.807) is 0 Å². The highest BCUT2D eigenvalue weighted by Gasteiger charge is 2.06. The summed E-state index contributed by atoms with van der Waals surface area (Å²) in [6, 6.07) is 8.59. The van der Waals surface area contributed by atoms with Crippen LogP contribution in [0.4, 0.5) is 0 Å². The summed E-state index contributed by atoms with van der Waals surface area (Å²) in [5, 5.41) is 0. The van der Waals surface area contributed by atoms with Crippen molar-refractivity contribution >= 4 is 15.9 Å². The number of benzene rings is 1. The van der Waals surface area contributed by atoms with Gasteiger partial charge in [-0.2, -0.15) is 0 Å². The molecule has 19 heavy (non-hydrogen) atoms. The summed E-state index contributed by atoms with van der Waals surface area (Å²) in [6.45, 7) is 5.29. The highest BCUT2D eigenvalue weighted by atomic mass is 79.9. The van der Waals surface area contributed by atoms with Crippen LogP contribution in [0.5, 0.6) is 0 Å². The van der Waals surface area contributed by atoms with Gasteiger partial charge in [-0.15, -0.1) is 0 Å². The molecule has 0 radical (unpaired) electrons. The lowest BCUT2D eigenvalue weighted by Gasteiger charge is -2.19. The minimum Gasteiger partial charge on any atom is -0.330 e. The van der Waals surface area contributed by atoms with Gasteiger partial charge in [0.2, 0.25) is 0 Å². The molecule has 1 unspecified atom stereocenters. The zero-order chi connectivity index (χ0) is 14.1. The Labute approximate surface area is 126 Å². The van der Waals surface area contributed by atoms with Crippen LogP contribution in [-0.2, 0) is 6.54 Å². The van der Waals surface area contributed by atoms with Gasteiger partial charge in [0.1, 0.15) is 0 Å². The average molecular weight is 327 g/mol. The molecular formula is C16H27BrN2. The zero-order valence-corrected chi connectivity index (χ0v) is 13.8. The van der Waals surface area contributed by atoms with Crippen LogP contribution in [-0.4, -0.2) is 25.0 Å². The van der Waals surface area contributed by atoms with E-state index in [9.17, 15) is 0 Å². The van der Waals surface area contributed by atoms with Gasteiger partial charge in [0, 0.05) is 11.0 Å². The van der Waals surface area contributed by atoms with Gasteiger partial charge in [0.25, 0.3) is 0 Å². The van der Waals surface area contributed by atoms with Crippen molar-refractivity contribution in [3.05, 3.63) is 34.3 Å². The molecular weight excluding hydrogens is 300 g/mol.